The summed E-state index contributed by atoms with van der Waals surface area (Å²) >= 11 is 0. The second-order valence-electron chi connectivity index (χ2n) is 8.09. The molecule has 0 spiro atoms. The molecule has 0 radical (unpaired) electrons. The number of rotatable bonds is 4. The van der Waals surface area contributed by atoms with Crippen LogP contribution in [0.25, 0.3) is 0 Å². The summed E-state index contributed by atoms with van der Waals surface area (Å²) in [5.74, 6) is 6.42. The van der Waals surface area contributed by atoms with Gasteiger partial charge >= 0.3 is 0 Å². The van der Waals surface area contributed by atoms with Gasteiger partial charge in [0, 0.05) is 13.1 Å². The highest BCUT2D eigenvalue weighted by Gasteiger charge is 2.48. The standard InChI is InChI=1S/C17H30N2/c18-3-1-12-2-4-19(10-12)11-17-15-6-13-5-14(8-15)9-16(17)7-13/h12-17H,1-11,18H2. The molecule has 0 amide bonds. The van der Waals surface area contributed by atoms with Crippen LogP contribution in [0.3, 0.4) is 0 Å². The van der Waals surface area contributed by atoms with Crippen molar-refractivity contribution in [1.29, 1.82) is 0 Å². The van der Waals surface area contributed by atoms with Crippen LogP contribution in [0.5, 0.6) is 0 Å². The summed E-state index contributed by atoms with van der Waals surface area (Å²) in [7, 11) is 0. The predicted octanol–water partition coefficient (Wildman–Crippen LogP) is 2.73. The van der Waals surface area contributed by atoms with Crippen LogP contribution in [0, 0.1) is 35.5 Å². The molecule has 2 N–H and O–H groups in total. The van der Waals surface area contributed by atoms with Gasteiger partial charge in [-0.05, 0) is 93.5 Å². The van der Waals surface area contributed by atoms with Gasteiger partial charge in [-0.2, -0.15) is 0 Å². The van der Waals surface area contributed by atoms with Crippen LogP contribution in [0.4, 0.5) is 0 Å². The molecule has 2 heteroatoms. The van der Waals surface area contributed by atoms with Gasteiger partial charge in [0.1, 0.15) is 0 Å². The van der Waals surface area contributed by atoms with Gasteiger partial charge in [0.05, 0.1) is 0 Å². The molecule has 5 aliphatic rings. The Morgan fingerprint density at radius 3 is 2.26 bits per heavy atom. The first-order chi connectivity index (χ1) is 9.31. The maximum absolute atomic E-state index is 5.71. The first-order valence-electron chi connectivity index (χ1n) is 8.74. The average Bonchev–Trinajstić information content (AvgIpc) is 2.81. The van der Waals surface area contributed by atoms with E-state index in [0.717, 1.165) is 42.1 Å². The summed E-state index contributed by atoms with van der Waals surface area (Å²) in [4.78, 5) is 2.78. The molecular weight excluding hydrogens is 232 g/mol. The first kappa shape index (κ1) is 12.6. The number of hydrogen-bond donors (Lipinski definition) is 1. The molecule has 0 aromatic carbocycles. The van der Waals surface area contributed by atoms with E-state index in [1.54, 1.807) is 32.1 Å². The Hall–Kier alpha value is -0.0800. The van der Waals surface area contributed by atoms with Gasteiger partial charge in [0.15, 0.2) is 0 Å². The molecule has 1 saturated heterocycles. The fourth-order valence-corrected chi connectivity index (χ4v) is 6.18. The lowest BCUT2D eigenvalue weighted by Gasteiger charge is -2.55. The van der Waals surface area contributed by atoms with E-state index in [1.165, 1.54) is 32.5 Å². The van der Waals surface area contributed by atoms with Gasteiger partial charge < -0.3 is 10.6 Å². The van der Waals surface area contributed by atoms with Crippen molar-refractivity contribution in [3.8, 4) is 0 Å². The Morgan fingerprint density at radius 2 is 1.63 bits per heavy atom. The van der Waals surface area contributed by atoms with Crippen LogP contribution < -0.4 is 5.73 Å². The molecule has 1 unspecified atom stereocenters. The van der Waals surface area contributed by atoms with E-state index in [0.29, 0.717) is 0 Å². The molecule has 0 aromatic heterocycles. The normalized spacial score (nSPS) is 49.1. The SMILES string of the molecule is NCCC1CCN(CC2C3CC4CC(C3)CC2C4)C1. The van der Waals surface area contributed by atoms with Gasteiger partial charge in [-0.15, -0.1) is 0 Å². The van der Waals surface area contributed by atoms with Crippen LogP contribution in [0.1, 0.15) is 44.9 Å². The maximum Gasteiger partial charge on any atom is 0.00151 e. The molecule has 1 aliphatic heterocycles. The zero-order valence-electron chi connectivity index (χ0n) is 12.3. The predicted molar refractivity (Wildman–Crippen MR) is 78.8 cm³/mol. The van der Waals surface area contributed by atoms with E-state index < -0.39 is 0 Å². The van der Waals surface area contributed by atoms with E-state index in [1.807, 2.05) is 0 Å². The lowest BCUT2D eigenvalue weighted by molar-refractivity contribution is -0.0472. The minimum Gasteiger partial charge on any atom is -0.330 e. The summed E-state index contributed by atoms with van der Waals surface area (Å²) in [6.45, 7) is 5.01. The van der Waals surface area contributed by atoms with Gasteiger partial charge in [-0.25, -0.2) is 0 Å². The summed E-state index contributed by atoms with van der Waals surface area (Å²) in [5, 5.41) is 0. The van der Waals surface area contributed by atoms with E-state index in [9.17, 15) is 0 Å². The Labute approximate surface area is 118 Å². The van der Waals surface area contributed by atoms with E-state index in [-0.39, 0.29) is 0 Å². The minimum atomic E-state index is 0.885. The zero-order chi connectivity index (χ0) is 12.8. The molecule has 5 fully saturated rings. The highest BCUT2D eigenvalue weighted by molar-refractivity contribution is 4.99. The third-order valence-electron chi connectivity index (χ3n) is 6.84. The van der Waals surface area contributed by atoms with Crippen molar-refractivity contribution in [2.45, 2.75) is 44.9 Å². The lowest BCUT2D eigenvalue weighted by atomic mass is 9.52. The molecule has 19 heavy (non-hydrogen) atoms. The summed E-state index contributed by atoms with van der Waals surface area (Å²) in [6, 6.07) is 0. The molecule has 4 saturated carbocycles. The molecule has 4 bridgehead atoms. The third kappa shape index (κ3) is 2.35. The molecular formula is C17H30N2. The molecule has 1 atom stereocenters. The van der Waals surface area contributed by atoms with Crippen molar-refractivity contribution in [2.75, 3.05) is 26.2 Å². The molecule has 108 valence electrons. The average molecular weight is 262 g/mol. The molecule has 0 aromatic rings. The van der Waals surface area contributed by atoms with Crippen molar-refractivity contribution in [3.63, 3.8) is 0 Å². The first-order valence-corrected chi connectivity index (χ1v) is 8.74. The number of nitrogens with two attached hydrogens (primary N) is 1. The topological polar surface area (TPSA) is 29.3 Å². The van der Waals surface area contributed by atoms with Crippen LogP contribution in [0.2, 0.25) is 0 Å². The van der Waals surface area contributed by atoms with E-state index >= 15 is 0 Å². The molecule has 5 rings (SSSR count). The van der Waals surface area contributed by atoms with Crippen molar-refractivity contribution >= 4 is 0 Å². The second kappa shape index (κ2) is 5.04. The maximum atomic E-state index is 5.71. The van der Waals surface area contributed by atoms with Crippen LogP contribution >= 0.6 is 0 Å². The van der Waals surface area contributed by atoms with Crippen molar-refractivity contribution in [1.82, 2.24) is 4.90 Å². The van der Waals surface area contributed by atoms with Gasteiger partial charge in [-0.3, -0.25) is 0 Å². The van der Waals surface area contributed by atoms with Gasteiger partial charge in [-0.1, -0.05) is 0 Å². The Morgan fingerprint density at radius 1 is 0.947 bits per heavy atom. The third-order valence-corrected chi connectivity index (χ3v) is 6.84. The minimum absolute atomic E-state index is 0.885. The van der Waals surface area contributed by atoms with Crippen LogP contribution in [-0.2, 0) is 0 Å². The molecule has 2 nitrogen and oxygen atoms in total. The Bertz CT molecular complexity index is 299. The quantitative estimate of drug-likeness (QED) is 0.844. The number of nitrogens with zero attached hydrogens (tertiary/aromatic N) is 1. The summed E-state index contributed by atoms with van der Waals surface area (Å²) in [5.41, 5.74) is 5.71. The largest absolute Gasteiger partial charge is 0.330 e. The van der Waals surface area contributed by atoms with Crippen LogP contribution in [0.15, 0.2) is 0 Å². The fourth-order valence-electron chi connectivity index (χ4n) is 6.18. The smallest absolute Gasteiger partial charge is 0.00151 e. The second-order valence-corrected chi connectivity index (χ2v) is 8.09. The number of likely N-dealkylation sites (tertiary alicyclic amines) is 1. The fraction of sp³-hybridized carbons (Fsp3) is 1.00. The zero-order valence-corrected chi connectivity index (χ0v) is 12.3. The summed E-state index contributed by atoms with van der Waals surface area (Å²) < 4.78 is 0. The number of hydrogen-bond acceptors (Lipinski definition) is 2. The summed E-state index contributed by atoms with van der Waals surface area (Å²) in [6.07, 6.45) is 10.6. The monoisotopic (exact) mass is 262 g/mol. The highest BCUT2D eigenvalue weighted by atomic mass is 15.1. The van der Waals surface area contributed by atoms with Crippen molar-refractivity contribution in [3.05, 3.63) is 0 Å². The molecule has 4 aliphatic carbocycles. The molecule has 1 heterocycles. The van der Waals surface area contributed by atoms with E-state index in [4.69, 9.17) is 5.73 Å². The Kier molecular flexibility index (Phi) is 3.35. The van der Waals surface area contributed by atoms with E-state index in [2.05, 4.69) is 4.90 Å². The highest BCUT2D eigenvalue weighted by Crippen LogP contribution is 2.56. The van der Waals surface area contributed by atoms with Crippen LogP contribution in [-0.4, -0.2) is 31.1 Å². The van der Waals surface area contributed by atoms with Gasteiger partial charge in [0.2, 0.25) is 0 Å². The Balaban J connectivity index is 1.36. The van der Waals surface area contributed by atoms with Crippen molar-refractivity contribution in [2.24, 2.45) is 41.2 Å². The lowest BCUT2D eigenvalue weighted by Crippen LogP contribution is -2.48. The van der Waals surface area contributed by atoms with Crippen molar-refractivity contribution < 1.29 is 0 Å². The van der Waals surface area contributed by atoms with Gasteiger partial charge in [0.25, 0.3) is 0 Å².